The molecule has 0 aliphatic rings. The molecule has 0 aromatic heterocycles. The molecule has 0 fully saturated rings. The van der Waals surface area contributed by atoms with Crippen LogP contribution in [0.2, 0.25) is 0 Å². The number of nitrogens with one attached hydrogen (secondary N) is 2. The number of hydrogen-bond acceptors (Lipinski definition) is 4. The Labute approximate surface area is 119 Å². The number of ether oxygens (including phenoxy) is 1. The number of carbonyl (C=O) groups is 1. The van der Waals surface area contributed by atoms with Crippen LogP contribution in [0.3, 0.4) is 0 Å². The number of amides is 1. The maximum Gasteiger partial charge on any atom is 0.251 e. The van der Waals surface area contributed by atoms with E-state index < -0.39 is 10.0 Å². The van der Waals surface area contributed by atoms with Gasteiger partial charge in [0.05, 0.1) is 12.4 Å². The van der Waals surface area contributed by atoms with Crippen LogP contribution in [0.4, 0.5) is 0 Å². The van der Waals surface area contributed by atoms with Gasteiger partial charge < -0.3 is 10.1 Å². The van der Waals surface area contributed by atoms with Crippen molar-refractivity contribution in [1.82, 2.24) is 10.0 Å². The summed E-state index contributed by atoms with van der Waals surface area (Å²) in [4.78, 5) is 11.8. The second-order valence-corrected chi connectivity index (χ2v) is 6.11. The molecule has 1 aromatic carbocycles. The standard InChI is InChI=1S/C13H20N2O4S/c1-3-19-12-7-5-11(6-8-12)13(16)14-9-10-15-20(17,18)4-2/h5-8,15H,3-4,9-10H2,1-2H3,(H,14,16). The van der Waals surface area contributed by atoms with Gasteiger partial charge in [0.15, 0.2) is 0 Å². The van der Waals surface area contributed by atoms with Crippen LogP contribution in [0.25, 0.3) is 0 Å². The lowest BCUT2D eigenvalue weighted by Gasteiger charge is -2.07. The summed E-state index contributed by atoms with van der Waals surface area (Å²) >= 11 is 0. The van der Waals surface area contributed by atoms with Crippen molar-refractivity contribution in [2.24, 2.45) is 0 Å². The second-order valence-electron chi connectivity index (χ2n) is 4.01. The van der Waals surface area contributed by atoms with E-state index in [2.05, 4.69) is 10.0 Å². The van der Waals surface area contributed by atoms with Crippen molar-refractivity contribution in [2.75, 3.05) is 25.4 Å². The predicted octanol–water partition coefficient (Wildman–Crippen LogP) is 0.754. The fraction of sp³-hybridized carbons (Fsp3) is 0.462. The highest BCUT2D eigenvalue weighted by atomic mass is 32.2. The van der Waals surface area contributed by atoms with Gasteiger partial charge in [0.2, 0.25) is 10.0 Å². The van der Waals surface area contributed by atoms with E-state index in [4.69, 9.17) is 4.74 Å². The van der Waals surface area contributed by atoms with E-state index in [9.17, 15) is 13.2 Å². The molecule has 0 atom stereocenters. The van der Waals surface area contributed by atoms with Crippen molar-refractivity contribution in [3.8, 4) is 5.75 Å². The summed E-state index contributed by atoms with van der Waals surface area (Å²) in [5.41, 5.74) is 0.506. The zero-order valence-corrected chi connectivity index (χ0v) is 12.5. The van der Waals surface area contributed by atoms with Crippen molar-refractivity contribution in [2.45, 2.75) is 13.8 Å². The topological polar surface area (TPSA) is 84.5 Å². The van der Waals surface area contributed by atoms with Crippen molar-refractivity contribution in [3.63, 3.8) is 0 Å². The third-order valence-electron chi connectivity index (χ3n) is 2.54. The van der Waals surface area contributed by atoms with E-state index in [0.29, 0.717) is 17.9 Å². The average molecular weight is 300 g/mol. The van der Waals surface area contributed by atoms with Crippen LogP contribution >= 0.6 is 0 Å². The van der Waals surface area contributed by atoms with Crippen LogP contribution < -0.4 is 14.8 Å². The molecule has 0 bridgehead atoms. The van der Waals surface area contributed by atoms with Crippen LogP contribution in [0, 0.1) is 0 Å². The molecule has 1 aromatic rings. The first-order chi connectivity index (χ1) is 9.48. The van der Waals surface area contributed by atoms with E-state index >= 15 is 0 Å². The molecule has 0 saturated carbocycles. The van der Waals surface area contributed by atoms with Crippen molar-refractivity contribution >= 4 is 15.9 Å². The summed E-state index contributed by atoms with van der Waals surface area (Å²) in [5, 5.41) is 2.64. The zero-order chi connectivity index (χ0) is 15.0. The third-order valence-corrected chi connectivity index (χ3v) is 3.94. The monoisotopic (exact) mass is 300 g/mol. The highest BCUT2D eigenvalue weighted by Crippen LogP contribution is 2.11. The lowest BCUT2D eigenvalue weighted by atomic mass is 10.2. The molecule has 1 amide bonds. The normalized spacial score (nSPS) is 11.1. The number of carbonyl (C=O) groups excluding carboxylic acids is 1. The molecule has 0 saturated heterocycles. The van der Waals surface area contributed by atoms with Gasteiger partial charge in [-0.05, 0) is 38.1 Å². The van der Waals surface area contributed by atoms with Gasteiger partial charge in [-0.1, -0.05) is 0 Å². The Morgan fingerprint density at radius 3 is 2.35 bits per heavy atom. The zero-order valence-electron chi connectivity index (χ0n) is 11.7. The molecule has 7 heteroatoms. The summed E-state index contributed by atoms with van der Waals surface area (Å²) in [5.74, 6) is 0.489. The molecule has 112 valence electrons. The summed E-state index contributed by atoms with van der Waals surface area (Å²) < 4.78 is 30.0. The molecule has 20 heavy (non-hydrogen) atoms. The van der Waals surface area contributed by atoms with Crippen LogP contribution in [0.5, 0.6) is 5.75 Å². The van der Waals surface area contributed by atoms with E-state index in [0.717, 1.165) is 0 Å². The summed E-state index contributed by atoms with van der Waals surface area (Å²) in [6.45, 7) is 4.44. The molecule has 2 N–H and O–H groups in total. The van der Waals surface area contributed by atoms with Crippen molar-refractivity contribution in [3.05, 3.63) is 29.8 Å². The van der Waals surface area contributed by atoms with Gasteiger partial charge in [0.25, 0.3) is 5.91 Å². The first-order valence-corrected chi connectivity index (χ1v) is 8.12. The number of hydrogen-bond donors (Lipinski definition) is 2. The van der Waals surface area contributed by atoms with E-state index in [1.165, 1.54) is 0 Å². The minimum atomic E-state index is -3.21. The predicted molar refractivity (Wildman–Crippen MR) is 77.4 cm³/mol. The summed E-state index contributed by atoms with van der Waals surface area (Å²) in [6, 6.07) is 6.77. The Kier molecular flexibility index (Phi) is 6.47. The SMILES string of the molecule is CCOc1ccc(C(=O)NCCNS(=O)(=O)CC)cc1. The molecular formula is C13H20N2O4S. The van der Waals surface area contributed by atoms with Crippen LogP contribution in [-0.4, -0.2) is 39.8 Å². The maximum atomic E-state index is 11.8. The quantitative estimate of drug-likeness (QED) is 0.694. The Bertz CT molecular complexity index is 526. The number of rotatable bonds is 8. The van der Waals surface area contributed by atoms with Gasteiger partial charge in [-0.3, -0.25) is 4.79 Å². The Morgan fingerprint density at radius 2 is 1.80 bits per heavy atom. The molecule has 0 spiro atoms. The second kappa shape index (κ2) is 7.86. The van der Waals surface area contributed by atoms with Gasteiger partial charge in [-0.2, -0.15) is 0 Å². The minimum absolute atomic E-state index is 0.0276. The Morgan fingerprint density at radius 1 is 1.15 bits per heavy atom. The summed E-state index contributed by atoms with van der Waals surface area (Å²) in [7, 11) is -3.21. The lowest BCUT2D eigenvalue weighted by Crippen LogP contribution is -2.35. The number of sulfonamides is 1. The summed E-state index contributed by atoms with van der Waals surface area (Å²) in [6.07, 6.45) is 0. The molecule has 0 radical (unpaired) electrons. The van der Waals surface area contributed by atoms with Gasteiger partial charge >= 0.3 is 0 Å². The van der Waals surface area contributed by atoms with Crippen LogP contribution in [-0.2, 0) is 10.0 Å². The van der Waals surface area contributed by atoms with E-state index in [1.54, 1.807) is 31.2 Å². The molecule has 1 rings (SSSR count). The highest BCUT2D eigenvalue weighted by Gasteiger charge is 2.07. The Balaban J connectivity index is 2.39. The van der Waals surface area contributed by atoms with Crippen LogP contribution in [0.1, 0.15) is 24.2 Å². The average Bonchev–Trinajstić information content (AvgIpc) is 2.44. The highest BCUT2D eigenvalue weighted by molar-refractivity contribution is 7.89. The van der Waals surface area contributed by atoms with E-state index in [1.807, 2.05) is 6.92 Å². The molecular weight excluding hydrogens is 280 g/mol. The fourth-order valence-corrected chi connectivity index (χ4v) is 2.07. The van der Waals surface area contributed by atoms with Gasteiger partial charge in [-0.25, -0.2) is 13.1 Å². The molecule has 0 unspecified atom stereocenters. The first kappa shape index (κ1) is 16.5. The minimum Gasteiger partial charge on any atom is -0.494 e. The molecule has 0 heterocycles. The molecule has 6 nitrogen and oxygen atoms in total. The fourth-order valence-electron chi connectivity index (χ4n) is 1.46. The van der Waals surface area contributed by atoms with Gasteiger partial charge in [-0.15, -0.1) is 0 Å². The van der Waals surface area contributed by atoms with E-state index in [-0.39, 0.29) is 24.7 Å². The number of benzene rings is 1. The van der Waals surface area contributed by atoms with Crippen molar-refractivity contribution in [1.29, 1.82) is 0 Å². The van der Waals surface area contributed by atoms with Gasteiger partial charge in [0, 0.05) is 18.7 Å². The maximum absolute atomic E-state index is 11.8. The molecule has 0 aliphatic carbocycles. The largest absolute Gasteiger partial charge is 0.494 e. The first-order valence-electron chi connectivity index (χ1n) is 6.47. The third kappa shape index (κ3) is 5.58. The van der Waals surface area contributed by atoms with Gasteiger partial charge in [0.1, 0.15) is 5.75 Å². The molecule has 0 aliphatic heterocycles. The van der Waals surface area contributed by atoms with Crippen molar-refractivity contribution < 1.29 is 17.9 Å². The smallest absolute Gasteiger partial charge is 0.251 e. The Hall–Kier alpha value is -1.60. The lowest BCUT2D eigenvalue weighted by molar-refractivity contribution is 0.0954. The van der Waals surface area contributed by atoms with Crippen LogP contribution in [0.15, 0.2) is 24.3 Å².